The lowest BCUT2D eigenvalue weighted by atomic mass is 9.86. The monoisotopic (exact) mass is 310 g/mol. The number of rotatable bonds is 1. The predicted octanol–water partition coefficient (Wildman–Crippen LogP) is 3.00. The summed E-state index contributed by atoms with van der Waals surface area (Å²) in [7, 11) is 1.36. The van der Waals surface area contributed by atoms with Gasteiger partial charge in [0.05, 0.1) is 7.11 Å². The number of halogens is 3. The van der Waals surface area contributed by atoms with Crippen LogP contribution in [0.5, 0.6) is 5.75 Å². The second-order valence-electron chi connectivity index (χ2n) is 5.28. The molecule has 1 aliphatic carbocycles. The Kier molecular flexibility index (Phi) is 3.20. The number of alkyl halides is 3. The van der Waals surface area contributed by atoms with E-state index >= 15 is 0 Å². The summed E-state index contributed by atoms with van der Waals surface area (Å²) >= 11 is 0. The first-order valence-electron chi connectivity index (χ1n) is 6.73. The van der Waals surface area contributed by atoms with Gasteiger partial charge in [-0.1, -0.05) is 11.8 Å². The summed E-state index contributed by atoms with van der Waals surface area (Å²) in [5.41, 5.74) is -2.80. The smallest absolute Gasteiger partial charge is 0.427 e. The normalized spacial score (nSPS) is 23.5. The SMILES string of the molecule is COc1ccc2c(c1)[C@@](C#CC1CC1)(C(F)(F)F)NC(=O)N2. The number of methoxy groups -OCH3 is 1. The number of anilines is 1. The van der Waals surface area contributed by atoms with Crippen LogP contribution in [0.4, 0.5) is 23.7 Å². The van der Waals surface area contributed by atoms with Gasteiger partial charge in [-0.15, -0.1) is 0 Å². The molecule has 0 saturated heterocycles. The lowest BCUT2D eigenvalue weighted by Crippen LogP contribution is -2.59. The Bertz CT molecular complexity index is 686. The largest absolute Gasteiger partial charge is 0.497 e. The molecule has 1 fully saturated rings. The number of amides is 2. The molecule has 0 spiro atoms. The first kappa shape index (κ1) is 14.6. The van der Waals surface area contributed by atoms with Crippen molar-refractivity contribution in [3.8, 4) is 17.6 Å². The highest BCUT2D eigenvalue weighted by atomic mass is 19.4. The van der Waals surface area contributed by atoms with Gasteiger partial charge >= 0.3 is 12.2 Å². The van der Waals surface area contributed by atoms with Crippen LogP contribution in [0, 0.1) is 17.8 Å². The molecule has 4 nitrogen and oxygen atoms in total. The maximum atomic E-state index is 13.8. The van der Waals surface area contributed by atoms with Gasteiger partial charge < -0.3 is 15.4 Å². The van der Waals surface area contributed by atoms with Crippen molar-refractivity contribution in [2.24, 2.45) is 5.92 Å². The molecule has 116 valence electrons. The summed E-state index contributed by atoms with van der Waals surface area (Å²) < 4.78 is 46.3. The standard InChI is InChI=1S/C15H13F3N2O2/c1-22-10-4-5-12-11(8-10)14(15(16,17)18,20-13(21)19-12)7-6-9-2-3-9/h4-5,8-9H,2-3H2,1H3,(H2,19,20,21)/t14-/m0/s1. The Labute approximate surface area is 125 Å². The predicted molar refractivity (Wildman–Crippen MR) is 73.4 cm³/mol. The van der Waals surface area contributed by atoms with Gasteiger partial charge in [0.1, 0.15) is 5.75 Å². The Morgan fingerprint density at radius 3 is 2.68 bits per heavy atom. The molecule has 7 heteroatoms. The van der Waals surface area contributed by atoms with Crippen molar-refractivity contribution in [2.75, 3.05) is 12.4 Å². The van der Waals surface area contributed by atoms with Gasteiger partial charge in [0.2, 0.25) is 5.54 Å². The van der Waals surface area contributed by atoms with Crippen LogP contribution in [0.1, 0.15) is 18.4 Å². The van der Waals surface area contributed by atoms with E-state index in [1.54, 1.807) is 0 Å². The number of hydrogen-bond donors (Lipinski definition) is 2. The topological polar surface area (TPSA) is 50.4 Å². The van der Waals surface area contributed by atoms with Crippen LogP contribution in [0.15, 0.2) is 18.2 Å². The Balaban J connectivity index is 2.21. The minimum absolute atomic E-state index is 0.0277. The molecule has 1 atom stereocenters. The van der Waals surface area contributed by atoms with Gasteiger partial charge in [0, 0.05) is 17.2 Å². The first-order valence-corrected chi connectivity index (χ1v) is 6.73. The average molecular weight is 310 g/mol. The van der Waals surface area contributed by atoms with Gasteiger partial charge in [0.15, 0.2) is 0 Å². The van der Waals surface area contributed by atoms with Crippen molar-refractivity contribution in [1.82, 2.24) is 5.32 Å². The fourth-order valence-corrected chi connectivity index (χ4v) is 2.29. The molecule has 0 unspecified atom stereocenters. The van der Waals surface area contributed by atoms with E-state index in [0.29, 0.717) is 0 Å². The van der Waals surface area contributed by atoms with E-state index in [0.717, 1.165) is 12.8 Å². The Hall–Kier alpha value is -2.36. The zero-order valence-corrected chi connectivity index (χ0v) is 11.7. The zero-order valence-electron chi connectivity index (χ0n) is 11.7. The van der Waals surface area contributed by atoms with Crippen molar-refractivity contribution < 1.29 is 22.7 Å². The molecule has 2 aliphatic rings. The summed E-state index contributed by atoms with van der Waals surface area (Å²) in [6, 6.07) is 3.18. The molecule has 1 saturated carbocycles. The van der Waals surface area contributed by atoms with Crippen LogP contribution in [0.25, 0.3) is 0 Å². The number of hydrogen-bond acceptors (Lipinski definition) is 2. The number of carbonyl (C=O) groups is 1. The van der Waals surface area contributed by atoms with E-state index in [4.69, 9.17) is 4.74 Å². The molecule has 0 radical (unpaired) electrons. The number of urea groups is 1. The fourth-order valence-electron chi connectivity index (χ4n) is 2.29. The van der Waals surface area contributed by atoms with Crippen molar-refractivity contribution in [1.29, 1.82) is 0 Å². The average Bonchev–Trinajstić information content (AvgIpc) is 3.27. The van der Waals surface area contributed by atoms with Gasteiger partial charge in [-0.2, -0.15) is 13.2 Å². The number of benzene rings is 1. The van der Waals surface area contributed by atoms with Crippen LogP contribution in [0.2, 0.25) is 0 Å². The third-order valence-electron chi connectivity index (χ3n) is 3.65. The van der Waals surface area contributed by atoms with Gasteiger partial charge in [-0.3, -0.25) is 0 Å². The quantitative estimate of drug-likeness (QED) is 0.784. The molecular formula is C15H13F3N2O2. The summed E-state index contributed by atoms with van der Waals surface area (Å²) in [6.45, 7) is 0. The van der Waals surface area contributed by atoms with Crippen molar-refractivity contribution in [3.63, 3.8) is 0 Å². The van der Waals surface area contributed by atoms with Crippen LogP contribution < -0.4 is 15.4 Å². The van der Waals surface area contributed by atoms with Crippen molar-refractivity contribution in [3.05, 3.63) is 23.8 Å². The minimum Gasteiger partial charge on any atom is -0.497 e. The molecule has 1 aromatic carbocycles. The third-order valence-corrected chi connectivity index (χ3v) is 3.65. The number of nitrogens with one attached hydrogen (secondary N) is 2. The lowest BCUT2D eigenvalue weighted by Gasteiger charge is -2.37. The van der Waals surface area contributed by atoms with Crippen LogP contribution in [0.3, 0.4) is 0 Å². The van der Waals surface area contributed by atoms with Gasteiger partial charge in [-0.25, -0.2) is 4.79 Å². The molecule has 2 N–H and O–H groups in total. The van der Waals surface area contributed by atoms with E-state index in [1.807, 2.05) is 5.32 Å². The number of fused-ring (bicyclic) bond motifs is 1. The van der Waals surface area contributed by atoms with E-state index in [1.165, 1.54) is 25.3 Å². The highest BCUT2D eigenvalue weighted by molar-refractivity contribution is 5.95. The maximum Gasteiger partial charge on any atom is 0.427 e. The fraction of sp³-hybridized carbons (Fsp3) is 0.400. The minimum atomic E-state index is -4.76. The third kappa shape index (κ3) is 2.34. The molecular weight excluding hydrogens is 297 g/mol. The second kappa shape index (κ2) is 4.83. The zero-order chi connectivity index (χ0) is 16.0. The molecule has 0 aromatic heterocycles. The molecule has 0 bridgehead atoms. The summed E-state index contributed by atoms with van der Waals surface area (Å²) in [6.07, 6.45) is -3.18. The summed E-state index contributed by atoms with van der Waals surface area (Å²) in [5, 5.41) is 4.32. The van der Waals surface area contributed by atoms with E-state index in [2.05, 4.69) is 17.2 Å². The maximum absolute atomic E-state index is 13.8. The van der Waals surface area contributed by atoms with Gasteiger partial charge in [0.25, 0.3) is 0 Å². The van der Waals surface area contributed by atoms with E-state index in [9.17, 15) is 18.0 Å². The van der Waals surface area contributed by atoms with E-state index < -0.39 is 17.7 Å². The molecule has 1 heterocycles. The second-order valence-corrected chi connectivity index (χ2v) is 5.28. The van der Waals surface area contributed by atoms with Crippen molar-refractivity contribution in [2.45, 2.75) is 24.6 Å². The number of carbonyl (C=O) groups excluding carboxylic acids is 1. The summed E-state index contributed by atoms with van der Waals surface area (Å²) in [4.78, 5) is 11.7. The highest BCUT2D eigenvalue weighted by Gasteiger charge is 2.59. The molecule has 2 amide bonds. The first-order chi connectivity index (χ1) is 10.4. The summed E-state index contributed by atoms with van der Waals surface area (Å²) in [5.74, 6) is 5.13. The Morgan fingerprint density at radius 1 is 1.36 bits per heavy atom. The molecule has 1 aromatic rings. The van der Waals surface area contributed by atoms with Crippen LogP contribution in [-0.2, 0) is 5.54 Å². The molecule has 3 rings (SSSR count). The lowest BCUT2D eigenvalue weighted by molar-refractivity contribution is -0.178. The van der Waals surface area contributed by atoms with Gasteiger partial charge in [-0.05, 0) is 31.0 Å². The number of ether oxygens (including phenoxy) is 1. The molecule has 22 heavy (non-hydrogen) atoms. The highest BCUT2D eigenvalue weighted by Crippen LogP contribution is 2.45. The van der Waals surface area contributed by atoms with Crippen molar-refractivity contribution >= 4 is 11.7 Å². The van der Waals surface area contributed by atoms with Crippen LogP contribution in [-0.4, -0.2) is 19.3 Å². The van der Waals surface area contributed by atoms with Crippen LogP contribution >= 0.6 is 0 Å². The van der Waals surface area contributed by atoms with E-state index in [-0.39, 0.29) is 22.9 Å². The Morgan fingerprint density at radius 2 is 2.09 bits per heavy atom. The molecule has 1 aliphatic heterocycles.